The molecule has 0 bridgehead atoms. The molecule has 1 aromatic carbocycles. The molecular weight excluding hydrogens is 287 g/mol. The summed E-state index contributed by atoms with van der Waals surface area (Å²) >= 11 is 0. The smallest absolute Gasteiger partial charge is 0.361 e. The van der Waals surface area contributed by atoms with Crippen LogP contribution in [0.3, 0.4) is 0 Å². The van der Waals surface area contributed by atoms with Crippen molar-refractivity contribution in [1.82, 2.24) is 4.98 Å². The van der Waals surface area contributed by atoms with E-state index in [0.717, 1.165) is 16.5 Å². The molecule has 0 radical (unpaired) electrons. The van der Waals surface area contributed by atoms with Crippen LogP contribution in [0.5, 0.6) is 0 Å². The predicted molar refractivity (Wildman–Crippen MR) is 82.7 cm³/mol. The first-order chi connectivity index (χ1) is 10.1. The van der Waals surface area contributed by atoms with Crippen LogP contribution in [0, 0.1) is 11.3 Å². The van der Waals surface area contributed by atoms with Crippen LogP contribution >= 0.6 is 7.60 Å². The number of benzene rings is 1. The fraction of sp³-hybridized carbons (Fsp3) is 0.267. The number of hydrogen-bond donors (Lipinski definition) is 1. The molecule has 21 heavy (non-hydrogen) atoms. The summed E-state index contributed by atoms with van der Waals surface area (Å²) in [6.45, 7) is 3.85. The third kappa shape index (κ3) is 3.25. The summed E-state index contributed by atoms with van der Waals surface area (Å²) in [5.74, 6) is 0. The molecule has 0 saturated heterocycles. The second-order valence-electron chi connectivity index (χ2n) is 4.26. The van der Waals surface area contributed by atoms with Crippen LogP contribution in [0.25, 0.3) is 17.0 Å². The van der Waals surface area contributed by atoms with Gasteiger partial charge < -0.3 is 14.0 Å². The van der Waals surface area contributed by atoms with Gasteiger partial charge in [0.05, 0.1) is 13.2 Å². The highest BCUT2D eigenvalue weighted by Gasteiger charge is 2.30. The molecule has 6 heteroatoms. The Morgan fingerprint density at radius 2 is 2.00 bits per heavy atom. The van der Waals surface area contributed by atoms with Gasteiger partial charge in [-0.15, -0.1) is 0 Å². The van der Waals surface area contributed by atoms with Crippen molar-refractivity contribution in [2.75, 3.05) is 13.2 Å². The van der Waals surface area contributed by atoms with E-state index in [9.17, 15) is 9.83 Å². The number of allylic oxidation sites excluding steroid dienone is 1. The summed E-state index contributed by atoms with van der Waals surface area (Å²) in [4.78, 5) is 3.11. The molecule has 0 aliphatic heterocycles. The van der Waals surface area contributed by atoms with Crippen molar-refractivity contribution in [1.29, 1.82) is 5.26 Å². The van der Waals surface area contributed by atoms with Gasteiger partial charge >= 0.3 is 7.60 Å². The van der Waals surface area contributed by atoms with E-state index in [2.05, 4.69) is 4.98 Å². The minimum atomic E-state index is -3.56. The van der Waals surface area contributed by atoms with Gasteiger partial charge in [-0.05, 0) is 26.0 Å². The maximum Gasteiger partial charge on any atom is 0.371 e. The summed E-state index contributed by atoms with van der Waals surface area (Å²) in [7, 11) is -3.56. The number of nitriles is 1. The van der Waals surface area contributed by atoms with Crippen molar-refractivity contribution in [3.8, 4) is 6.07 Å². The lowest BCUT2D eigenvalue weighted by Gasteiger charge is -2.15. The predicted octanol–water partition coefficient (Wildman–Crippen LogP) is 4.30. The average molecular weight is 304 g/mol. The Hall–Kier alpha value is -1.86. The molecule has 1 heterocycles. The molecule has 110 valence electrons. The number of aromatic nitrogens is 1. The zero-order chi connectivity index (χ0) is 15.3. The second-order valence-corrected chi connectivity index (χ2v) is 6.26. The van der Waals surface area contributed by atoms with Gasteiger partial charge in [-0.25, -0.2) is 0 Å². The van der Waals surface area contributed by atoms with Crippen molar-refractivity contribution in [2.24, 2.45) is 0 Å². The Labute approximate surface area is 123 Å². The quantitative estimate of drug-likeness (QED) is 0.637. The summed E-state index contributed by atoms with van der Waals surface area (Å²) in [5, 5.41) is 10.3. The summed E-state index contributed by atoms with van der Waals surface area (Å²) in [5.41, 5.74) is 1.73. The zero-order valence-electron chi connectivity index (χ0n) is 12.0. The first kappa shape index (κ1) is 15.5. The van der Waals surface area contributed by atoms with Crippen molar-refractivity contribution in [3.05, 3.63) is 41.3 Å². The molecule has 5 nitrogen and oxygen atoms in total. The van der Waals surface area contributed by atoms with E-state index < -0.39 is 7.60 Å². The minimum absolute atomic E-state index is 0.0101. The zero-order valence-corrected chi connectivity index (χ0v) is 12.9. The molecule has 0 saturated carbocycles. The highest BCUT2D eigenvalue weighted by molar-refractivity contribution is 7.59. The van der Waals surface area contributed by atoms with Gasteiger partial charge in [0.15, 0.2) is 0 Å². The average Bonchev–Trinajstić information content (AvgIpc) is 2.88. The molecule has 0 atom stereocenters. The topological polar surface area (TPSA) is 75.1 Å². The van der Waals surface area contributed by atoms with Crippen LogP contribution in [0.2, 0.25) is 0 Å². The fourth-order valence-corrected chi connectivity index (χ4v) is 3.50. The highest BCUT2D eigenvalue weighted by atomic mass is 31.2. The Morgan fingerprint density at radius 1 is 1.33 bits per heavy atom. The van der Waals surface area contributed by atoms with E-state index in [1.807, 2.05) is 30.3 Å². The molecule has 1 aromatic heterocycles. The lowest BCUT2D eigenvalue weighted by atomic mass is 10.1. The molecule has 2 rings (SSSR count). The molecule has 1 N–H and O–H groups in total. The van der Waals surface area contributed by atoms with E-state index >= 15 is 0 Å². The van der Waals surface area contributed by atoms with E-state index in [1.165, 1.54) is 0 Å². The first-order valence-corrected chi connectivity index (χ1v) is 8.26. The van der Waals surface area contributed by atoms with E-state index in [1.54, 1.807) is 26.1 Å². The highest BCUT2D eigenvalue weighted by Crippen LogP contribution is 2.56. The van der Waals surface area contributed by atoms with Crippen LogP contribution in [-0.4, -0.2) is 18.2 Å². The number of nitrogens with one attached hydrogen (secondary N) is 1. The number of H-pyrrole nitrogens is 1. The lowest BCUT2D eigenvalue weighted by molar-refractivity contribution is 0.227. The third-order valence-corrected chi connectivity index (χ3v) is 4.94. The van der Waals surface area contributed by atoms with Crippen molar-refractivity contribution >= 4 is 24.6 Å². The van der Waals surface area contributed by atoms with Gasteiger partial charge in [0, 0.05) is 22.7 Å². The number of hydrogen-bond acceptors (Lipinski definition) is 4. The Morgan fingerprint density at radius 3 is 2.62 bits per heavy atom. The SMILES string of the molecule is CCOP(=O)(OCC)/C(C#N)=C/c1c[nH]c2ccccc12. The van der Waals surface area contributed by atoms with Gasteiger partial charge in [0.1, 0.15) is 11.4 Å². The van der Waals surface area contributed by atoms with Crippen LogP contribution in [0.15, 0.2) is 35.8 Å². The second kappa shape index (κ2) is 6.73. The minimum Gasteiger partial charge on any atom is -0.361 e. The summed E-state index contributed by atoms with van der Waals surface area (Å²) in [6, 6.07) is 9.64. The number of fused-ring (bicyclic) bond motifs is 1. The maximum absolute atomic E-state index is 12.7. The van der Waals surface area contributed by atoms with E-state index in [4.69, 9.17) is 9.05 Å². The molecule has 0 fully saturated rings. The number of aromatic amines is 1. The number of rotatable bonds is 6. The first-order valence-electron chi connectivity index (χ1n) is 6.72. The normalized spacial score (nSPS) is 12.5. The van der Waals surface area contributed by atoms with Crippen LogP contribution in [-0.2, 0) is 13.6 Å². The monoisotopic (exact) mass is 304 g/mol. The van der Waals surface area contributed by atoms with Crippen LogP contribution in [0.1, 0.15) is 19.4 Å². The standard InChI is InChI=1S/C15H17N2O3P/c1-3-19-21(18,20-4-2)13(10-16)9-12-11-17-15-8-6-5-7-14(12)15/h5-9,11,17H,3-4H2,1-2H3/b13-9+. The summed E-state index contributed by atoms with van der Waals surface area (Å²) in [6.07, 6.45) is 3.33. The molecule has 0 unspecified atom stereocenters. The van der Waals surface area contributed by atoms with Gasteiger partial charge in [-0.2, -0.15) is 5.26 Å². The molecule has 0 aliphatic carbocycles. The van der Waals surface area contributed by atoms with Crippen molar-refractivity contribution in [2.45, 2.75) is 13.8 Å². The fourth-order valence-electron chi connectivity index (χ4n) is 2.05. The Balaban J connectivity index is 2.49. The maximum atomic E-state index is 12.7. The van der Waals surface area contributed by atoms with Gasteiger partial charge in [0.25, 0.3) is 0 Å². The molecule has 0 spiro atoms. The van der Waals surface area contributed by atoms with Crippen LogP contribution in [0.4, 0.5) is 0 Å². The van der Waals surface area contributed by atoms with E-state index in [0.29, 0.717) is 0 Å². The van der Waals surface area contributed by atoms with Crippen LogP contribution < -0.4 is 0 Å². The van der Waals surface area contributed by atoms with Gasteiger partial charge in [0.2, 0.25) is 0 Å². The van der Waals surface area contributed by atoms with Crippen molar-refractivity contribution < 1.29 is 13.6 Å². The summed E-state index contributed by atoms with van der Waals surface area (Å²) < 4.78 is 23.1. The third-order valence-electron chi connectivity index (χ3n) is 2.92. The molecule has 2 aromatic rings. The van der Waals surface area contributed by atoms with Gasteiger partial charge in [-0.1, -0.05) is 18.2 Å². The molecule has 0 aliphatic rings. The number of para-hydroxylation sites is 1. The van der Waals surface area contributed by atoms with Crippen molar-refractivity contribution in [3.63, 3.8) is 0 Å². The molecular formula is C15H17N2O3P. The Bertz CT molecular complexity index is 733. The Kier molecular flexibility index (Phi) is 4.98. The number of nitrogens with zero attached hydrogens (tertiary/aromatic N) is 1. The van der Waals surface area contributed by atoms with Gasteiger partial charge in [-0.3, -0.25) is 4.57 Å². The lowest BCUT2D eigenvalue weighted by Crippen LogP contribution is -1.97. The van der Waals surface area contributed by atoms with E-state index in [-0.39, 0.29) is 18.5 Å². The molecule has 0 amide bonds. The largest absolute Gasteiger partial charge is 0.371 e.